The number of hydrogen-bond donors (Lipinski definition) is 1. The number of amides is 5. The van der Waals surface area contributed by atoms with Gasteiger partial charge in [0, 0.05) is 12.1 Å². The summed E-state index contributed by atoms with van der Waals surface area (Å²) in [4.78, 5) is 50.8. The molecule has 0 radical (unpaired) electrons. The van der Waals surface area contributed by atoms with E-state index < -0.39 is 17.8 Å². The molecule has 0 aromatic carbocycles. The van der Waals surface area contributed by atoms with Crippen molar-refractivity contribution in [2.24, 2.45) is 5.92 Å². The Hall–Kier alpha value is -1.92. The first kappa shape index (κ1) is 16.9. The molecule has 1 heterocycles. The van der Waals surface area contributed by atoms with Crippen molar-refractivity contribution in [3.63, 3.8) is 0 Å². The van der Waals surface area contributed by atoms with E-state index in [0.29, 0.717) is 5.92 Å². The average molecular weight is 335 g/mol. The van der Waals surface area contributed by atoms with Crippen LogP contribution in [0.2, 0.25) is 0 Å². The van der Waals surface area contributed by atoms with Crippen LogP contribution in [0.1, 0.15) is 58.3 Å². The molecule has 3 rings (SSSR count). The average Bonchev–Trinajstić information content (AvgIpc) is 3.14. The van der Waals surface area contributed by atoms with E-state index in [9.17, 15) is 19.2 Å². The molecule has 3 fully saturated rings. The van der Waals surface area contributed by atoms with Gasteiger partial charge >= 0.3 is 17.8 Å². The van der Waals surface area contributed by atoms with Gasteiger partial charge in [-0.1, -0.05) is 32.6 Å². The molecule has 3 aliphatic rings. The van der Waals surface area contributed by atoms with Gasteiger partial charge in [-0.25, -0.2) is 9.69 Å². The summed E-state index contributed by atoms with van der Waals surface area (Å²) in [5.41, 5.74) is 0. The van der Waals surface area contributed by atoms with Gasteiger partial charge in [-0.15, -0.1) is 0 Å². The molecule has 7 nitrogen and oxygen atoms in total. The van der Waals surface area contributed by atoms with Crippen LogP contribution in [-0.2, 0) is 14.4 Å². The minimum absolute atomic E-state index is 0.0840. The number of rotatable bonds is 4. The van der Waals surface area contributed by atoms with E-state index in [1.807, 2.05) is 0 Å². The third-order valence-electron chi connectivity index (χ3n) is 5.53. The van der Waals surface area contributed by atoms with Gasteiger partial charge < -0.3 is 5.32 Å². The van der Waals surface area contributed by atoms with Crippen LogP contribution >= 0.6 is 0 Å². The molecule has 0 spiro atoms. The number of hydrogen-bond acceptors (Lipinski definition) is 4. The molecule has 2 aliphatic carbocycles. The summed E-state index contributed by atoms with van der Waals surface area (Å²) < 4.78 is 0. The third-order valence-corrected chi connectivity index (χ3v) is 5.53. The first-order chi connectivity index (χ1) is 11.5. The van der Waals surface area contributed by atoms with Crippen LogP contribution in [0, 0.1) is 5.92 Å². The van der Waals surface area contributed by atoms with Crippen LogP contribution in [0.5, 0.6) is 0 Å². The Balaban J connectivity index is 1.61. The van der Waals surface area contributed by atoms with Crippen molar-refractivity contribution in [2.45, 2.75) is 70.4 Å². The summed E-state index contributed by atoms with van der Waals surface area (Å²) in [6, 6.07) is -0.746. The first-order valence-electron chi connectivity index (χ1n) is 8.97. The lowest BCUT2D eigenvalue weighted by Crippen LogP contribution is -2.47. The lowest BCUT2D eigenvalue weighted by atomic mass is 9.86. The van der Waals surface area contributed by atoms with Gasteiger partial charge in [0.1, 0.15) is 6.54 Å². The predicted octanol–water partition coefficient (Wildman–Crippen LogP) is 1.41. The van der Waals surface area contributed by atoms with Crippen molar-refractivity contribution in [2.75, 3.05) is 6.54 Å². The molecule has 0 bridgehead atoms. The molecule has 2 atom stereocenters. The van der Waals surface area contributed by atoms with E-state index in [0.717, 1.165) is 54.7 Å². The summed E-state index contributed by atoms with van der Waals surface area (Å²) >= 11 is 0. The fourth-order valence-corrected chi connectivity index (χ4v) is 4.07. The van der Waals surface area contributed by atoms with Gasteiger partial charge in [0.15, 0.2) is 0 Å². The van der Waals surface area contributed by atoms with Gasteiger partial charge in [0.2, 0.25) is 5.91 Å². The molecule has 7 heteroatoms. The molecule has 5 amide bonds. The lowest BCUT2D eigenvalue weighted by Gasteiger charge is -2.30. The van der Waals surface area contributed by atoms with Crippen molar-refractivity contribution in [3.8, 4) is 0 Å². The van der Waals surface area contributed by atoms with Crippen LogP contribution in [0.4, 0.5) is 4.79 Å². The van der Waals surface area contributed by atoms with Gasteiger partial charge in [0.05, 0.1) is 0 Å². The number of urea groups is 1. The Morgan fingerprint density at radius 3 is 2.29 bits per heavy atom. The molecule has 1 aliphatic heterocycles. The SMILES string of the molecule is C[C@H]1CCCC[C@@H]1NC(=O)CN1C(=O)C(=O)N(C2CCCC2)C1=O. The molecular formula is C17H25N3O4. The Morgan fingerprint density at radius 1 is 1.00 bits per heavy atom. The standard InChI is InChI=1S/C17H25N3O4/c1-11-6-2-5-9-13(11)18-14(21)10-19-15(22)16(23)20(17(19)24)12-7-3-4-8-12/h11-13H,2-10H2,1H3,(H,18,21)/t11-,13-/m0/s1. The van der Waals surface area contributed by atoms with Crippen molar-refractivity contribution in [3.05, 3.63) is 0 Å². The van der Waals surface area contributed by atoms with Crippen molar-refractivity contribution in [1.82, 2.24) is 15.1 Å². The van der Waals surface area contributed by atoms with Gasteiger partial charge in [-0.3, -0.25) is 19.3 Å². The third kappa shape index (κ3) is 3.16. The Labute approximate surface area is 141 Å². The van der Waals surface area contributed by atoms with E-state index >= 15 is 0 Å². The van der Waals surface area contributed by atoms with Crippen LogP contribution in [0.15, 0.2) is 0 Å². The monoisotopic (exact) mass is 335 g/mol. The van der Waals surface area contributed by atoms with E-state index in [4.69, 9.17) is 0 Å². The second-order valence-corrected chi connectivity index (χ2v) is 7.22. The number of imide groups is 2. The quantitative estimate of drug-likeness (QED) is 0.622. The van der Waals surface area contributed by atoms with Crippen LogP contribution in [0.25, 0.3) is 0 Å². The highest BCUT2D eigenvalue weighted by Gasteiger charge is 2.48. The zero-order valence-corrected chi connectivity index (χ0v) is 14.1. The highest BCUT2D eigenvalue weighted by Crippen LogP contribution is 2.28. The van der Waals surface area contributed by atoms with Crippen LogP contribution in [-0.4, -0.2) is 52.2 Å². The molecule has 0 aromatic heterocycles. The minimum atomic E-state index is -0.876. The second kappa shape index (κ2) is 6.91. The maximum absolute atomic E-state index is 12.4. The Bertz CT molecular complexity index is 556. The molecule has 1 saturated heterocycles. The number of nitrogens with one attached hydrogen (secondary N) is 1. The lowest BCUT2D eigenvalue weighted by molar-refractivity contribution is -0.144. The van der Waals surface area contributed by atoms with Gasteiger partial charge in [-0.2, -0.15) is 0 Å². The highest BCUT2D eigenvalue weighted by atomic mass is 16.2. The fraction of sp³-hybridized carbons (Fsp3) is 0.765. The summed E-state index contributed by atoms with van der Waals surface area (Å²) in [5, 5.41) is 2.92. The second-order valence-electron chi connectivity index (χ2n) is 7.22. The highest BCUT2D eigenvalue weighted by molar-refractivity contribution is 6.45. The zero-order valence-electron chi connectivity index (χ0n) is 14.1. The van der Waals surface area contributed by atoms with Crippen LogP contribution in [0.3, 0.4) is 0 Å². The number of nitrogens with zero attached hydrogens (tertiary/aromatic N) is 2. The smallest absolute Gasteiger partial charge is 0.334 e. The molecular weight excluding hydrogens is 310 g/mol. The zero-order chi connectivity index (χ0) is 17.3. The van der Waals surface area contributed by atoms with Crippen molar-refractivity contribution < 1.29 is 19.2 Å². The van der Waals surface area contributed by atoms with E-state index in [2.05, 4.69) is 12.2 Å². The van der Waals surface area contributed by atoms with E-state index in [1.54, 1.807) is 0 Å². The maximum Gasteiger partial charge on any atom is 0.334 e. The van der Waals surface area contributed by atoms with E-state index in [-0.39, 0.29) is 24.5 Å². The first-order valence-corrected chi connectivity index (χ1v) is 8.97. The molecule has 132 valence electrons. The van der Waals surface area contributed by atoms with Crippen molar-refractivity contribution in [1.29, 1.82) is 0 Å². The normalized spacial score (nSPS) is 28.8. The van der Waals surface area contributed by atoms with E-state index in [1.165, 1.54) is 6.42 Å². The van der Waals surface area contributed by atoms with Gasteiger partial charge in [0.25, 0.3) is 0 Å². The predicted molar refractivity (Wildman–Crippen MR) is 85.8 cm³/mol. The molecule has 2 saturated carbocycles. The Kier molecular flexibility index (Phi) is 4.87. The number of carbonyl (C=O) groups excluding carboxylic acids is 4. The summed E-state index contributed by atoms with van der Waals surface area (Å²) in [7, 11) is 0. The molecule has 24 heavy (non-hydrogen) atoms. The molecule has 0 aromatic rings. The van der Waals surface area contributed by atoms with Gasteiger partial charge in [-0.05, 0) is 31.6 Å². The topological polar surface area (TPSA) is 86.8 Å². The summed E-state index contributed by atoms with van der Waals surface area (Å²) in [6.45, 7) is 1.73. The largest absolute Gasteiger partial charge is 0.352 e. The van der Waals surface area contributed by atoms with Crippen molar-refractivity contribution >= 4 is 23.8 Å². The number of carbonyl (C=O) groups is 4. The minimum Gasteiger partial charge on any atom is -0.352 e. The summed E-state index contributed by atoms with van der Waals surface area (Å²) in [6.07, 6.45) is 7.62. The molecule has 1 N–H and O–H groups in total. The Morgan fingerprint density at radius 2 is 1.62 bits per heavy atom. The fourth-order valence-electron chi connectivity index (χ4n) is 4.07. The summed E-state index contributed by atoms with van der Waals surface area (Å²) in [5.74, 6) is -1.63. The van der Waals surface area contributed by atoms with Crippen LogP contribution < -0.4 is 5.32 Å². The molecule has 0 unspecified atom stereocenters. The maximum atomic E-state index is 12.4.